The van der Waals surface area contributed by atoms with Crippen molar-refractivity contribution in [2.75, 3.05) is 6.66 Å². The molecule has 0 saturated heterocycles. The second-order valence-corrected chi connectivity index (χ2v) is 3.08. The summed E-state index contributed by atoms with van der Waals surface area (Å²) in [6.07, 6.45) is 1.24. The molecule has 0 nitrogen and oxygen atoms in total. The number of hydrogen-bond acceptors (Lipinski definition) is 0. The number of benzene rings is 1. The summed E-state index contributed by atoms with van der Waals surface area (Å²) in [5, 5.41) is 0. The summed E-state index contributed by atoms with van der Waals surface area (Å²) in [5.74, 6) is 0. The highest BCUT2D eigenvalue weighted by molar-refractivity contribution is 7.36. The SMILES string of the molecule is CPCc1ccccc1.Cl.Cl.P. The van der Waals surface area contributed by atoms with Gasteiger partial charge in [0.05, 0.1) is 0 Å². The molecule has 0 aromatic heterocycles. The van der Waals surface area contributed by atoms with Gasteiger partial charge in [-0.2, -0.15) is 9.90 Å². The standard InChI is InChI=1S/C8H11P.2ClH.H3P/c1-9-7-8-5-3-2-4-6-8;;;/h2-6,9H,7H2,1H3;2*1H;1H3. The molecule has 1 aromatic carbocycles. The van der Waals surface area contributed by atoms with Gasteiger partial charge >= 0.3 is 0 Å². The van der Waals surface area contributed by atoms with E-state index in [4.69, 9.17) is 0 Å². The third-order valence-corrected chi connectivity index (χ3v) is 1.99. The molecule has 2 atom stereocenters. The van der Waals surface area contributed by atoms with Gasteiger partial charge in [0.15, 0.2) is 0 Å². The fraction of sp³-hybridized carbons (Fsp3) is 0.250. The lowest BCUT2D eigenvalue weighted by atomic mass is 10.2. The Morgan fingerprint density at radius 1 is 1.08 bits per heavy atom. The minimum atomic E-state index is 0. The first kappa shape index (κ1) is 18.4. The highest BCUT2D eigenvalue weighted by Crippen LogP contribution is 2.12. The zero-order valence-electron chi connectivity index (χ0n) is 7.12. The molecule has 0 bridgehead atoms. The molecule has 72 valence electrons. The van der Waals surface area contributed by atoms with E-state index in [9.17, 15) is 0 Å². The Morgan fingerprint density at radius 2 is 1.58 bits per heavy atom. The quantitative estimate of drug-likeness (QED) is 0.700. The molecule has 12 heavy (non-hydrogen) atoms. The first-order valence-corrected chi connectivity index (χ1v) is 4.82. The fourth-order valence-electron chi connectivity index (χ4n) is 0.800. The van der Waals surface area contributed by atoms with Crippen molar-refractivity contribution < 1.29 is 0 Å². The van der Waals surface area contributed by atoms with Crippen LogP contribution in [-0.4, -0.2) is 6.66 Å². The summed E-state index contributed by atoms with van der Waals surface area (Å²) in [6, 6.07) is 10.6. The van der Waals surface area contributed by atoms with Crippen molar-refractivity contribution in [3.8, 4) is 0 Å². The molecule has 0 N–H and O–H groups in total. The molecule has 0 spiro atoms. The Bertz CT molecular complexity index is 168. The van der Waals surface area contributed by atoms with Gasteiger partial charge in [-0.1, -0.05) is 30.3 Å². The molecule has 1 rings (SSSR count). The van der Waals surface area contributed by atoms with Crippen molar-refractivity contribution in [3.63, 3.8) is 0 Å². The average molecular weight is 245 g/mol. The lowest BCUT2D eigenvalue weighted by Gasteiger charge is -1.94. The maximum absolute atomic E-state index is 2.23. The average Bonchev–Trinajstić information content (AvgIpc) is 1.91. The van der Waals surface area contributed by atoms with Gasteiger partial charge in [0, 0.05) is 0 Å². The van der Waals surface area contributed by atoms with Crippen LogP contribution in [0.25, 0.3) is 0 Å². The molecule has 0 fully saturated rings. The molecule has 0 heterocycles. The van der Waals surface area contributed by atoms with E-state index in [0.717, 1.165) is 8.58 Å². The smallest absolute Gasteiger partial charge is 0.0103 e. The number of hydrogen-bond donors (Lipinski definition) is 0. The zero-order chi connectivity index (χ0) is 6.53. The van der Waals surface area contributed by atoms with Crippen LogP contribution in [0.15, 0.2) is 30.3 Å². The van der Waals surface area contributed by atoms with Gasteiger partial charge in [0.2, 0.25) is 0 Å². The zero-order valence-corrected chi connectivity index (χ0v) is 11.2. The van der Waals surface area contributed by atoms with E-state index in [2.05, 4.69) is 37.0 Å². The molecule has 0 aliphatic carbocycles. The minimum absolute atomic E-state index is 0. The van der Waals surface area contributed by atoms with Crippen LogP contribution in [0.5, 0.6) is 0 Å². The van der Waals surface area contributed by atoms with Crippen LogP contribution < -0.4 is 0 Å². The van der Waals surface area contributed by atoms with Gasteiger partial charge < -0.3 is 0 Å². The Kier molecular flexibility index (Phi) is 17.9. The van der Waals surface area contributed by atoms with Gasteiger partial charge in [-0.25, -0.2) is 0 Å². The molecule has 4 heteroatoms. The second kappa shape index (κ2) is 11.7. The van der Waals surface area contributed by atoms with Crippen LogP contribution in [-0.2, 0) is 6.16 Å². The predicted molar refractivity (Wildman–Crippen MR) is 70.0 cm³/mol. The first-order chi connectivity index (χ1) is 4.43. The third-order valence-electron chi connectivity index (χ3n) is 1.22. The molecule has 2 unspecified atom stereocenters. The molecule has 0 radical (unpaired) electrons. The van der Waals surface area contributed by atoms with Gasteiger partial charge in [0.25, 0.3) is 0 Å². The number of rotatable bonds is 2. The van der Waals surface area contributed by atoms with Crippen LogP contribution in [0.4, 0.5) is 0 Å². The maximum atomic E-state index is 2.23. The third kappa shape index (κ3) is 7.32. The normalized spacial score (nSPS) is 8.08. The minimum Gasteiger partial charge on any atom is -0.153 e. The largest absolute Gasteiger partial charge is 0.153 e. The summed E-state index contributed by atoms with van der Waals surface area (Å²) in [4.78, 5) is 0. The number of halogens is 2. The molecule has 0 aliphatic heterocycles. The van der Waals surface area contributed by atoms with E-state index in [1.165, 1.54) is 11.7 Å². The molecular weight excluding hydrogens is 229 g/mol. The lowest BCUT2D eigenvalue weighted by Crippen LogP contribution is -1.73. The highest BCUT2D eigenvalue weighted by atomic mass is 35.5. The van der Waals surface area contributed by atoms with E-state index in [1.807, 2.05) is 0 Å². The van der Waals surface area contributed by atoms with Crippen molar-refractivity contribution in [1.82, 2.24) is 0 Å². The van der Waals surface area contributed by atoms with Crippen LogP contribution in [0.2, 0.25) is 0 Å². The molecule has 0 amide bonds. The van der Waals surface area contributed by atoms with E-state index in [1.54, 1.807) is 0 Å². The van der Waals surface area contributed by atoms with Crippen LogP contribution in [0, 0.1) is 0 Å². The molecule has 0 saturated carbocycles. The van der Waals surface area contributed by atoms with E-state index in [-0.39, 0.29) is 34.7 Å². The van der Waals surface area contributed by atoms with E-state index in [0.29, 0.717) is 0 Å². The van der Waals surface area contributed by atoms with E-state index < -0.39 is 0 Å². The van der Waals surface area contributed by atoms with E-state index >= 15 is 0 Å². The van der Waals surface area contributed by atoms with Crippen molar-refractivity contribution in [2.24, 2.45) is 0 Å². The lowest BCUT2D eigenvalue weighted by molar-refractivity contribution is 1.41. The fourth-order valence-corrected chi connectivity index (χ4v) is 1.44. The summed E-state index contributed by atoms with van der Waals surface area (Å²) in [5.41, 5.74) is 1.46. The van der Waals surface area contributed by atoms with Crippen LogP contribution >= 0.6 is 43.3 Å². The van der Waals surface area contributed by atoms with Crippen LogP contribution in [0.1, 0.15) is 5.56 Å². The van der Waals surface area contributed by atoms with Crippen molar-refractivity contribution >= 4 is 43.3 Å². The summed E-state index contributed by atoms with van der Waals surface area (Å²) in [7, 11) is 1.04. The predicted octanol–water partition coefficient (Wildman–Crippen LogP) is 3.40. The van der Waals surface area contributed by atoms with Gasteiger partial charge in [-0.05, 0) is 18.4 Å². The maximum Gasteiger partial charge on any atom is -0.0103 e. The summed E-state index contributed by atoms with van der Waals surface area (Å²) < 4.78 is 0. The Balaban J connectivity index is -0.000000270. The Labute approximate surface area is 92.1 Å². The van der Waals surface area contributed by atoms with Crippen molar-refractivity contribution in [2.45, 2.75) is 6.16 Å². The Hall–Kier alpha value is 0.660. The second-order valence-electron chi connectivity index (χ2n) is 2.02. The molecular formula is C8H16Cl2P2. The van der Waals surface area contributed by atoms with Gasteiger partial charge in [-0.15, -0.1) is 33.4 Å². The highest BCUT2D eigenvalue weighted by Gasteiger charge is 1.84. The summed E-state index contributed by atoms with van der Waals surface area (Å²) in [6.45, 7) is 2.23. The first-order valence-electron chi connectivity index (χ1n) is 3.12. The van der Waals surface area contributed by atoms with Crippen molar-refractivity contribution in [3.05, 3.63) is 35.9 Å². The Morgan fingerprint density at radius 3 is 2.00 bits per heavy atom. The van der Waals surface area contributed by atoms with Crippen LogP contribution in [0.3, 0.4) is 0 Å². The van der Waals surface area contributed by atoms with Crippen molar-refractivity contribution in [1.29, 1.82) is 0 Å². The van der Waals surface area contributed by atoms with Gasteiger partial charge in [-0.3, -0.25) is 0 Å². The van der Waals surface area contributed by atoms with Gasteiger partial charge in [0.1, 0.15) is 0 Å². The molecule has 0 aliphatic rings. The summed E-state index contributed by atoms with van der Waals surface area (Å²) >= 11 is 0. The molecule has 1 aromatic rings. The topological polar surface area (TPSA) is 0 Å². The monoisotopic (exact) mass is 244 g/mol.